The zero-order chi connectivity index (χ0) is 19.2. The van der Waals surface area contributed by atoms with Gasteiger partial charge in [0.2, 0.25) is 0 Å². The molecule has 0 saturated heterocycles. The number of ether oxygens (including phenoxy) is 3. The molecule has 146 valence electrons. The molecule has 1 heterocycles. The van der Waals surface area contributed by atoms with E-state index in [1.165, 1.54) is 16.7 Å². The molecule has 0 fully saturated rings. The third kappa shape index (κ3) is 4.37. The maximum absolute atomic E-state index is 9.30. The van der Waals surface area contributed by atoms with Gasteiger partial charge in [-0.3, -0.25) is 4.90 Å². The topological polar surface area (TPSA) is 51.2 Å². The summed E-state index contributed by atoms with van der Waals surface area (Å²) in [5.74, 6) is 2.41. The molecule has 2 aromatic rings. The first-order valence-electron chi connectivity index (χ1n) is 9.42. The minimum Gasteiger partial charge on any atom is -0.497 e. The van der Waals surface area contributed by atoms with Crippen molar-refractivity contribution in [3.8, 4) is 17.2 Å². The average molecular weight is 371 g/mol. The smallest absolute Gasteiger partial charge is 0.161 e. The molecular weight excluding hydrogens is 342 g/mol. The van der Waals surface area contributed by atoms with Crippen LogP contribution in [0.15, 0.2) is 36.4 Å². The Kier molecular flexibility index (Phi) is 6.58. The fourth-order valence-corrected chi connectivity index (χ4v) is 3.85. The summed E-state index contributed by atoms with van der Waals surface area (Å²) >= 11 is 0. The van der Waals surface area contributed by atoms with Gasteiger partial charge < -0.3 is 19.3 Å². The van der Waals surface area contributed by atoms with Gasteiger partial charge in [0.05, 0.1) is 21.3 Å². The van der Waals surface area contributed by atoms with E-state index in [2.05, 4.69) is 29.2 Å². The van der Waals surface area contributed by atoms with Gasteiger partial charge >= 0.3 is 0 Å². The van der Waals surface area contributed by atoms with E-state index in [-0.39, 0.29) is 12.6 Å². The monoisotopic (exact) mass is 371 g/mol. The van der Waals surface area contributed by atoms with Crippen LogP contribution in [-0.2, 0) is 12.8 Å². The molecule has 1 N–H and O–H groups in total. The summed E-state index contributed by atoms with van der Waals surface area (Å²) in [6, 6.07) is 12.7. The Bertz CT molecular complexity index is 745. The minimum absolute atomic E-state index is 0.213. The number of hydrogen-bond donors (Lipinski definition) is 1. The molecule has 0 amide bonds. The van der Waals surface area contributed by atoms with Crippen LogP contribution in [0.4, 0.5) is 0 Å². The zero-order valence-corrected chi connectivity index (χ0v) is 16.4. The van der Waals surface area contributed by atoms with E-state index in [0.29, 0.717) is 0 Å². The zero-order valence-electron chi connectivity index (χ0n) is 16.4. The van der Waals surface area contributed by atoms with Crippen molar-refractivity contribution in [3.63, 3.8) is 0 Å². The van der Waals surface area contributed by atoms with Crippen LogP contribution in [0.2, 0.25) is 0 Å². The van der Waals surface area contributed by atoms with Gasteiger partial charge in [0.15, 0.2) is 11.5 Å². The van der Waals surface area contributed by atoms with E-state index >= 15 is 0 Å². The number of nitrogens with zero attached hydrogens (tertiary/aromatic N) is 1. The molecule has 1 aliphatic heterocycles. The van der Waals surface area contributed by atoms with Crippen LogP contribution in [-0.4, -0.2) is 51.0 Å². The van der Waals surface area contributed by atoms with E-state index in [1.807, 2.05) is 12.1 Å². The fraction of sp³-hybridized carbons (Fsp3) is 0.455. The van der Waals surface area contributed by atoms with Gasteiger partial charge in [0, 0.05) is 25.7 Å². The van der Waals surface area contributed by atoms with Crippen LogP contribution in [0.25, 0.3) is 0 Å². The summed E-state index contributed by atoms with van der Waals surface area (Å²) < 4.78 is 16.3. The molecule has 5 heteroatoms. The lowest BCUT2D eigenvalue weighted by Crippen LogP contribution is -2.37. The second-order valence-corrected chi connectivity index (χ2v) is 6.84. The lowest BCUT2D eigenvalue weighted by Gasteiger charge is -2.38. The molecule has 2 aromatic carbocycles. The van der Waals surface area contributed by atoms with Gasteiger partial charge in [-0.1, -0.05) is 12.1 Å². The lowest BCUT2D eigenvalue weighted by atomic mass is 9.88. The predicted molar refractivity (Wildman–Crippen MR) is 106 cm³/mol. The summed E-state index contributed by atoms with van der Waals surface area (Å²) in [4.78, 5) is 2.47. The molecule has 1 atom stereocenters. The van der Waals surface area contributed by atoms with Gasteiger partial charge in [0.25, 0.3) is 0 Å². The van der Waals surface area contributed by atoms with Crippen molar-refractivity contribution in [1.29, 1.82) is 0 Å². The maximum Gasteiger partial charge on any atom is 0.161 e. The Morgan fingerprint density at radius 1 is 1.00 bits per heavy atom. The molecule has 0 bridgehead atoms. The summed E-state index contributed by atoms with van der Waals surface area (Å²) in [7, 11) is 5.03. The van der Waals surface area contributed by atoms with Gasteiger partial charge in [-0.25, -0.2) is 0 Å². The van der Waals surface area contributed by atoms with Crippen molar-refractivity contribution >= 4 is 0 Å². The number of aliphatic hydroxyl groups excluding tert-OH is 1. The fourth-order valence-electron chi connectivity index (χ4n) is 3.85. The number of benzene rings is 2. The van der Waals surface area contributed by atoms with E-state index in [9.17, 15) is 5.11 Å². The Balaban J connectivity index is 1.94. The number of hydrogen-bond acceptors (Lipinski definition) is 5. The molecule has 0 saturated carbocycles. The van der Waals surface area contributed by atoms with Crippen molar-refractivity contribution in [2.75, 3.05) is 41.0 Å². The first kappa shape index (κ1) is 19.5. The van der Waals surface area contributed by atoms with Crippen molar-refractivity contribution in [1.82, 2.24) is 4.90 Å². The highest BCUT2D eigenvalue weighted by atomic mass is 16.5. The quantitative estimate of drug-likeness (QED) is 0.772. The molecule has 27 heavy (non-hydrogen) atoms. The van der Waals surface area contributed by atoms with Crippen molar-refractivity contribution in [2.45, 2.75) is 25.3 Å². The molecule has 0 aliphatic carbocycles. The third-order valence-electron chi connectivity index (χ3n) is 5.31. The number of methoxy groups -OCH3 is 3. The maximum atomic E-state index is 9.30. The first-order chi connectivity index (χ1) is 13.2. The predicted octanol–water partition coefficient (Wildman–Crippen LogP) is 3.24. The van der Waals surface area contributed by atoms with Gasteiger partial charge in [-0.15, -0.1) is 0 Å². The van der Waals surface area contributed by atoms with Crippen LogP contribution in [0.1, 0.15) is 29.2 Å². The molecule has 0 aromatic heterocycles. The van der Waals surface area contributed by atoms with Crippen molar-refractivity contribution < 1.29 is 19.3 Å². The Morgan fingerprint density at radius 3 is 2.33 bits per heavy atom. The Morgan fingerprint density at radius 2 is 1.70 bits per heavy atom. The van der Waals surface area contributed by atoms with Crippen LogP contribution in [0.5, 0.6) is 17.2 Å². The average Bonchev–Trinajstić information content (AvgIpc) is 2.72. The molecule has 3 rings (SSSR count). The number of aliphatic hydroxyl groups is 1. The van der Waals surface area contributed by atoms with Gasteiger partial charge in [-0.05, 0) is 60.2 Å². The van der Waals surface area contributed by atoms with Gasteiger partial charge in [-0.2, -0.15) is 0 Å². The molecule has 5 nitrogen and oxygen atoms in total. The van der Waals surface area contributed by atoms with E-state index in [4.69, 9.17) is 14.2 Å². The van der Waals surface area contributed by atoms with E-state index < -0.39 is 0 Å². The molecule has 0 radical (unpaired) electrons. The largest absolute Gasteiger partial charge is 0.497 e. The minimum atomic E-state index is 0.213. The molecular formula is C22H29NO4. The lowest BCUT2D eigenvalue weighted by molar-refractivity contribution is 0.163. The highest BCUT2D eigenvalue weighted by Crippen LogP contribution is 2.39. The summed E-state index contributed by atoms with van der Waals surface area (Å²) in [6.07, 6.45) is 2.65. The summed E-state index contributed by atoms with van der Waals surface area (Å²) in [5, 5.41) is 9.30. The highest BCUT2D eigenvalue weighted by Gasteiger charge is 2.29. The van der Waals surface area contributed by atoms with E-state index in [0.717, 1.165) is 49.6 Å². The normalized spacial score (nSPS) is 16.7. The molecule has 0 spiro atoms. The standard InChI is InChI=1S/C22H29NO4/c1-25-18-7-5-16(6-8-18)13-20-19-15-22(27-3)21(26-2)14-17(19)9-11-23(20)10-4-12-24/h5-8,14-15,20,24H,4,9-13H2,1-3H3. The first-order valence-corrected chi connectivity index (χ1v) is 9.42. The second-order valence-electron chi connectivity index (χ2n) is 6.84. The Labute approximate surface area is 161 Å². The Hall–Kier alpha value is -2.24. The van der Waals surface area contributed by atoms with Crippen molar-refractivity contribution in [2.24, 2.45) is 0 Å². The molecule has 1 unspecified atom stereocenters. The van der Waals surface area contributed by atoms with Crippen LogP contribution < -0.4 is 14.2 Å². The third-order valence-corrected chi connectivity index (χ3v) is 5.31. The SMILES string of the molecule is COc1ccc(CC2c3cc(OC)c(OC)cc3CCN2CCCO)cc1. The summed E-state index contributed by atoms with van der Waals surface area (Å²) in [5.41, 5.74) is 3.86. The van der Waals surface area contributed by atoms with Crippen LogP contribution in [0.3, 0.4) is 0 Å². The molecule has 1 aliphatic rings. The van der Waals surface area contributed by atoms with E-state index in [1.54, 1.807) is 21.3 Å². The number of fused-ring (bicyclic) bond motifs is 1. The number of rotatable bonds is 8. The summed E-state index contributed by atoms with van der Waals surface area (Å²) in [6.45, 7) is 2.07. The van der Waals surface area contributed by atoms with Crippen LogP contribution in [0, 0.1) is 0 Å². The van der Waals surface area contributed by atoms with Gasteiger partial charge in [0.1, 0.15) is 5.75 Å². The second kappa shape index (κ2) is 9.11. The van der Waals surface area contributed by atoms with Crippen molar-refractivity contribution in [3.05, 3.63) is 53.1 Å². The highest BCUT2D eigenvalue weighted by molar-refractivity contribution is 5.50. The van der Waals surface area contributed by atoms with Crippen LogP contribution >= 0.6 is 0 Å².